The van der Waals surface area contributed by atoms with Crippen LogP contribution in [0.4, 0.5) is 0 Å². The fourth-order valence-corrected chi connectivity index (χ4v) is 5.62. The zero-order chi connectivity index (χ0) is 13.9. The highest BCUT2D eigenvalue weighted by atomic mass is 32.2. The van der Waals surface area contributed by atoms with E-state index in [4.69, 9.17) is 0 Å². The van der Waals surface area contributed by atoms with E-state index >= 15 is 0 Å². The number of rotatable bonds is 5. The Labute approximate surface area is 119 Å². The molecule has 6 heteroatoms. The van der Waals surface area contributed by atoms with Gasteiger partial charge in [-0.2, -0.15) is 4.31 Å². The summed E-state index contributed by atoms with van der Waals surface area (Å²) < 4.78 is 27.7. The van der Waals surface area contributed by atoms with Crippen molar-refractivity contribution in [3.05, 3.63) is 17.0 Å². The van der Waals surface area contributed by atoms with Crippen LogP contribution in [0.1, 0.15) is 31.1 Å². The summed E-state index contributed by atoms with van der Waals surface area (Å²) in [4.78, 5) is 1.04. The Morgan fingerprint density at radius 3 is 2.79 bits per heavy atom. The van der Waals surface area contributed by atoms with Crippen molar-refractivity contribution in [3.63, 3.8) is 0 Å². The Hall–Kier alpha value is -0.430. The Balaban J connectivity index is 2.26. The standard InChI is InChI=1S/C13H22N2O2S2/c1-3-9-15(12-5-4-8-14-10-12)19(16,17)13-7-6-11(2)18-13/h6-7,12,14H,3-5,8-10H2,1-2H3. The highest BCUT2D eigenvalue weighted by molar-refractivity contribution is 7.91. The van der Waals surface area contributed by atoms with Crippen LogP contribution in [0.3, 0.4) is 0 Å². The van der Waals surface area contributed by atoms with Crippen molar-refractivity contribution in [1.29, 1.82) is 0 Å². The van der Waals surface area contributed by atoms with Gasteiger partial charge in [-0.25, -0.2) is 8.42 Å². The third kappa shape index (κ3) is 3.37. The van der Waals surface area contributed by atoms with Gasteiger partial charge in [-0.05, 0) is 44.9 Å². The molecule has 1 atom stereocenters. The van der Waals surface area contributed by atoms with Gasteiger partial charge in [0.25, 0.3) is 10.0 Å². The first-order valence-electron chi connectivity index (χ1n) is 6.84. The molecule has 4 nitrogen and oxygen atoms in total. The largest absolute Gasteiger partial charge is 0.315 e. The van der Waals surface area contributed by atoms with E-state index in [2.05, 4.69) is 5.32 Å². The predicted octanol–water partition coefficient (Wildman–Crippen LogP) is 2.21. The Bertz CT molecular complexity index is 504. The van der Waals surface area contributed by atoms with Crippen LogP contribution in [-0.4, -0.2) is 38.4 Å². The molecule has 0 spiro atoms. The van der Waals surface area contributed by atoms with Crippen molar-refractivity contribution in [2.75, 3.05) is 19.6 Å². The maximum absolute atomic E-state index is 12.7. The lowest BCUT2D eigenvalue weighted by atomic mass is 10.1. The average molecular weight is 302 g/mol. The highest BCUT2D eigenvalue weighted by Crippen LogP contribution is 2.27. The average Bonchev–Trinajstić information content (AvgIpc) is 2.84. The molecule has 1 aliphatic heterocycles. The maximum Gasteiger partial charge on any atom is 0.252 e. The van der Waals surface area contributed by atoms with E-state index in [0.717, 1.165) is 37.2 Å². The second-order valence-electron chi connectivity index (χ2n) is 4.98. The molecule has 1 unspecified atom stereocenters. The lowest BCUT2D eigenvalue weighted by molar-refractivity contribution is 0.266. The fraction of sp³-hybridized carbons (Fsp3) is 0.692. The summed E-state index contributed by atoms with van der Waals surface area (Å²) in [6, 6.07) is 3.70. The topological polar surface area (TPSA) is 49.4 Å². The predicted molar refractivity (Wildman–Crippen MR) is 79.1 cm³/mol. The van der Waals surface area contributed by atoms with Crippen molar-refractivity contribution in [1.82, 2.24) is 9.62 Å². The molecule has 1 aromatic heterocycles. The molecule has 0 saturated carbocycles. The lowest BCUT2D eigenvalue weighted by Gasteiger charge is -2.33. The van der Waals surface area contributed by atoms with Crippen LogP contribution in [0.25, 0.3) is 0 Å². The second-order valence-corrected chi connectivity index (χ2v) is 8.39. The molecular formula is C13H22N2O2S2. The molecule has 2 rings (SSSR count). The summed E-state index contributed by atoms with van der Waals surface area (Å²) in [7, 11) is -3.33. The lowest BCUT2D eigenvalue weighted by Crippen LogP contribution is -2.48. The second kappa shape index (κ2) is 6.35. The van der Waals surface area contributed by atoms with Crippen LogP contribution in [0.15, 0.2) is 16.3 Å². The van der Waals surface area contributed by atoms with E-state index in [1.165, 1.54) is 11.3 Å². The number of thiophene rings is 1. The first-order chi connectivity index (χ1) is 9.05. The number of sulfonamides is 1. The SMILES string of the molecule is CCCN(C1CCCNC1)S(=O)(=O)c1ccc(C)s1. The molecule has 108 valence electrons. The van der Waals surface area contributed by atoms with Crippen LogP contribution in [0, 0.1) is 6.92 Å². The maximum atomic E-state index is 12.7. The molecule has 0 amide bonds. The van der Waals surface area contributed by atoms with Crippen molar-refractivity contribution in [3.8, 4) is 0 Å². The quantitative estimate of drug-likeness (QED) is 0.907. The summed E-state index contributed by atoms with van der Waals surface area (Å²) >= 11 is 1.36. The molecule has 1 aliphatic rings. The Morgan fingerprint density at radius 1 is 1.47 bits per heavy atom. The minimum absolute atomic E-state index is 0.0982. The van der Waals surface area contributed by atoms with Gasteiger partial charge in [0, 0.05) is 24.0 Å². The minimum Gasteiger partial charge on any atom is -0.315 e. The summed E-state index contributed by atoms with van der Waals surface area (Å²) in [6.07, 6.45) is 2.85. The van der Waals surface area contributed by atoms with Crippen molar-refractivity contribution >= 4 is 21.4 Å². The molecular weight excluding hydrogens is 280 g/mol. The van der Waals surface area contributed by atoms with Gasteiger partial charge >= 0.3 is 0 Å². The zero-order valence-electron chi connectivity index (χ0n) is 11.6. The first kappa shape index (κ1) is 15.0. The number of piperidine rings is 1. The third-order valence-corrected chi connectivity index (χ3v) is 6.82. The number of aryl methyl sites for hydroxylation is 1. The van der Waals surface area contributed by atoms with Gasteiger partial charge in [0.05, 0.1) is 0 Å². The Morgan fingerprint density at radius 2 is 2.26 bits per heavy atom. The molecule has 0 aliphatic carbocycles. The van der Waals surface area contributed by atoms with Gasteiger partial charge < -0.3 is 5.32 Å². The van der Waals surface area contributed by atoms with E-state index in [9.17, 15) is 8.42 Å². The van der Waals surface area contributed by atoms with E-state index in [0.29, 0.717) is 10.8 Å². The molecule has 1 saturated heterocycles. The molecule has 0 bridgehead atoms. The molecule has 19 heavy (non-hydrogen) atoms. The Kier molecular flexibility index (Phi) is 5.00. The summed E-state index contributed by atoms with van der Waals surface area (Å²) in [5, 5.41) is 3.30. The third-order valence-electron chi connectivity index (χ3n) is 3.40. The van der Waals surface area contributed by atoms with E-state index in [-0.39, 0.29) is 6.04 Å². The van der Waals surface area contributed by atoms with E-state index in [1.54, 1.807) is 10.4 Å². The molecule has 1 N–H and O–H groups in total. The van der Waals surface area contributed by atoms with Crippen molar-refractivity contribution in [2.45, 2.75) is 43.4 Å². The summed E-state index contributed by atoms with van der Waals surface area (Å²) in [6.45, 7) is 6.33. The van der Waals surface area contributed by atoms with Crippen LogP contribution in [0.5, 0.6) is 0 Å². The molecule has 0 aromatic carbocycles. The van der Waals surface area contributed by atoms with Gasteiger partial charge in [-0.1, -0.05) is 6.92 Å². The van der Waals surface area contributed by atoms with Crippen LogP contribution in [0.2, 0.25) is 0 Å². The van der Waals surface area contributed by atoms with Gasteiger partial charge in [0.1, 0.15) is 4.21 Å². The fourth-order valence-electron chi connectivity index (χ4n) is 2.46. The van der Waals surface area contributed by atoms with Gasteiger partial charge in [-0.15, -0.1) is 11.3 Å². The van der Waals surface area contributed by atoms with Gasteiger partial charge in [0.15, 0.2) is 0 Å². The number of hydrogen-bond donors (Lipinski definition) is 1. The minimum atomic E-state index is -3.33. The number of nitrogens with zero attached hydrogens (tertiary/aromatic N) is 1. The smallest absolute Gasteiger partial charge is 0.252 e. The molecule has 1 aromatic rings. The highest BCUT2D eigenvalue weighted by Gasteiger charge is 2.32. The molecule has 1 fully saturated rings. The normalized spacial score (nSPS) is 20.9. The van der Waals surface area contributed by atoms with Gasteiger partial charge in [0.2, 0.25) is 0 Å². The number of hydrogen-bond acceptors (Lipinski definition) is 4. The summed E-state index contributed by atoms with van der Waals surface area (Å²) in [5.74, 6) is 0. The zero-order valence-corrected chi connectivity index (χ0v) is 13.2. The van der Waals surface area contributed by atoms with Crippen LogP contribution >= 0.6 is 11.3 Å². The van der Waals surface area contributed by atoms with E-state index in [1.807, 2.05) is 19.9 Å². The molecule has 0 radical (unpaired) electrons. The van der Waals surface area contributed by atoms with Crippen molar-refractivity contribution < 1.29 is 8.42 Å². The van der Waals surface area contributed by atoms with Crippen LogP contribution < -0.4 is 5.32 Å². The van der Waals surface area contributed by atoms with Gasteiger partial charge in [-0.3, -0.25) is 0 Å². The van der Waals surface area contributed by atoms with Crippen LogP contribution in [-0.2, 0) is 10.0 Å². The number of nitrogens with one attached hydrogen (secondary N) is 1. The monoisotopic (exact) mass is 302 g/mol. The first-order valence-corrected chi connectivity index (χ1v) is 9.10. The van der Waals surface area contributed by atoms with E-state index < -0.39 is 10.0 Å². The summed E-state index contributed by atoms with van der Waals surface area (Å²) in [5.41, 5.74) is 0. The molecule has 2 heterocycles. The van der Waals surface area contributed by atoms with Crippen molar-refractivity contribution in [2.24, 2.45) is 0 Å².